The highest BCUT2D eigenvalue weighted by atomic mass is 32.1. The minimum atomic E-state index is -1.04. The second-order valence-electron chi connectivity index (χ2n) is 7.28. The van der Waals surface area contributed by atoms with Crippen molar-refractivity contribution < 1.29 is 29.2 Å². The zero-order valence-corrected chi connectivity index (χ0v) is 16.8. The maximum Gasteiger partial charge on any atom is 0.346 e. The molecule has 0 saturated heterocycles. The van der Waals surface area contributed by atoms with Crippen LogP contribution in [0.2, 0.25) is 0 Å². The number of fused-ring (bicyclic) bond motifs is 1. The number of aromatic carboxylic acids is 1. The molecule has 3 aromatic rings. The number of ether oxygens (including phenoxy) is 1. The van der Waals surface area contributed by atoms with Gasteiger partial charge in [0.05, 0.1) is 23.3 Å². The number of hydrogen-bond acceptors (Lipinski definition) is 8. The van der Waals surface area contributed by atoms with Gasteiger partial charge in [0, 0.05) is 18.9 Å². The van der Waals surface area contributed by atoms with E-state index in [0.29, 0.717) is 40.1 Å². The van der Waals surface area contributed by atoms with E-state index in [-0.39, 0.29) is 17.0 Å². The summed E-state index contributed by atoms with van der Waals surface area (Å²) in [4.78, 5) is 20.5. The highest BCUT2D eigenvalue weighted by molar-refractivity contribution is 7.20. The Hall–Kier alpha value is -2.82. The molecule has 4 N–H and O–H groups in total. The lowest BCUT2D eigenvalue weighted by atomic mass is 9.92. The van der Waals surface area contributed by atoms with Gasteiger partial charge < -0.3 is 25.4 Å². The number of thiophene rings is 1. The molecule has 2 heterocycles. The predicted molar refractivity (Wildman–Crippen MR) is 109 cm³/mol. The number of aliphatic hydroxyl groups is 2. The molecule has 4 rings (SSSR count). The van der Waals surface area contributed by atoms with Crippen LogP contribution in [0.3, 0.4) is 0 Å². The number of benzene rings is 1. The maximum atomic E-state index is 13.9. The Balaban J connectivity index is 1.68. The van der Waals surface area contributed by atoms with Gasteiger partial charge >= 0.3 is 5.97 Å². The van der Waals surface area contributed by atoms with Gasteiger partial charge in [0.25, 0.3) is 0 Å². The van der Waals surface area contributed by atoms with Gasteiger partial charge in [-0.2, -0.15) is 0 Å². The van der Waals surface area contributed by atoms with E-state index in [1.165, 1.54) is 24.5 Å². The predicted octanol–water partition coefficient (Wildman–Crippen LogP) is 3.23. The van der Waals surface area contributed by atoms with E-state index >= 15 is 0 Å². The van der Waals surface area contributed by atoms with E-state index in [0.717, 1.165) is 11.3 Å². The summed E-state index contributed by atoms with van der Waals surface area (Å²) >= 11 is 1.05. The standard InChI is InChI=1S/C20H20FN3O5S/c1-9-16-18(22-8-23-19(16)30-17(9)20(27)28)24-14-3-2-10(21)4-15(14)29-13-6-11(25)5-12(26)7-13/h2-4,8,11-13,25-26H,5-7H2,1H3,(H,27,28)(H,22,23,24)/t11-,12?,13?/m0/s1. The molecular formula is C20H20FN3O5S. The summed E-state index contributed by atoms with van der Waals surface area (Å²) < 4.78 is 19.8. The van der Waals surface area contributed by atoms with Crippen molar-refractivity contribution in [2.75, 3.05) is 5.32 Å². The normalized spacial score (nSPS) is 21.5. The van der Waals surface area contributed by atoms with Gasteiger partial charge in [-0.25, -0.2) is 19.2 Å². The Labute approximate surface area is 175 Å². The molecule has 0 aliphatic heterocycles. The number of halogens is 1. The maximum absolute atomic E-state index is 13.9. The van der Waals surface area contributed by atoms with Gasteiger partial charge in [-0.15, -0.1) is 11.3 Å². The zero-order chi connectivity index (χ0) is 21.4. The van der Waals surface area contributed by atoms with Crippen molar-refractivity contribution in [3.05, 3.63) is 40.8 Å². The van der Waals surface area contributed by atoms with Crippen LogP contribution in [0.1, 0.15) is 34.5 Å². The summed E-state index contributed by atoms with van der Waals surface area (Å²) in [5.41, 5.74) is 0.960. The van der Waals surface area contributed by atoms with Crippen LogP contribution in [0.4, 0.5) is 15.9 Å². The molecule has 2 unspecified atom stereocenters. The SMILES string of the molecule is Cc1c(C(=O)O)sc2ncnc(Nc3ccc(F)cc3OC3CC(O)C[C@H](O)C3)c12. The first-order valence-electron chi connectivity index (χ1n) is 9.38. The summed E-state index contributed by atoms with van der Waals surface area (Å²) in [6.45, 7) is 1.68. The number of aliphatic hydroxyl groups excluding tert-OH is 2. The van der Waals surface area contributed by atoms with Gasteiger partial charge in [-0.3, -0.25) is 0 Å². The molecule has 1 saturated carbocycles. The van der Waals surface area contributed by atoms with Crippen LogP contribution in [0.15, 0.2) is 24.5 Å². The molecule has 10 heteroatoms. The number of rotatable bonds is 5. The molecule has 1 aliphatic carbocycles. The van der Waals surface area contributed by atoms with Gasteiger partial charge in [0.2, 0.25) is 0 Å². The van der Waals surface area contributed by atoms with Crippen molar-refractivity contribution >= 4 is 39.0 Å². The molecule has 2 aromatic heterocycles. The molecule has 1 fully saturated rings. The van der Waals surface area contributed by atoms with E-state index in [9.17, 15) is 24.5 Å². The van der Waals surface area contributed by atoms with Crippen LogP contribution in [0.25, 0.3) is 10.2 Å². The van der Waals surface area contributed by atoms with E-state index in [1.54, 1.807) is 6.92 Å². The minimum absolute atomic E-state index is 0.175. The topological polar surface area (TPSA) is 125 Å². The molecule has 30 heavy (non-hydrogen) atoms. The third-order valence-corrected chi connectivity index (χ3v) is 6.21. The Morgan fingerprint density at radius 2 is 1.97 bits per heavy atom. The van der Waals surface area contributed by atoms with Crippen LogP contribution < -0.4 is 10.1 Å². The first-order chi connectivity index (χ1) is 14.3. The zero-order valence-electron chi connectivity index (χ0n) is 16.0. The monoisotopic (exact) mass is 433 g/mol. The number of carboxylic acids is 1. The first-order valence-corrected chi connectivity index (χ1v) is 10.2. The van der Waals surface area contributed by atoms with Crippen LogP contribution in [-0.4, -0.2) is 49.6 Å². The van der Waals surface area contributed by atoms with E-state index in [4.69, 9.17) is 4.74 Å². The van der Waals surface area contributed by atoms with Crippen molar-refractivity contribution in [3.8, 4) is 5.75 Å². The van der Waals surface area contributed by atoms with E-state index in [2.05, 4.69) is 15.3 Å². The van der Waals surface area contributed by atoms with E-state index < -0.39 is 30.1 Å². The second kappa shape index (κ2) is 8.13. The van der Waals surface area contributed by atoms with Crippen molar-refractivity contribution in [2.24, 2.45) is 0 Å². The number of carboxylic acid groups (broad SMARTS) is 1. The average molecular weight is 433 g/mol. The molecule has 0 amide bonds. The number of carbonyl (C=O) groups is 1. The van der Waals surface area contributed by atoms with Crippen molar-refractivity contribution in [1.29, 1.82) is 0 Å². The number of nitrogens with zero attached hydrogens (tertiary/aromatic N) is 2. The van der Waals surface area contributed by atoms with E-state index in [1.807, 2.05) is 0 Å². The lowest BCUT2D eigenvalue weighted by Gasteiger charge is -2.30. The minimum Gasteiger partial charge on any atom is -0.488 e. The van der Waals surface area contributed by atoms with Gasteiger partial charge in [-0.05, 0) is 31.0 Å². The third kappa shape index (κ3) is 4.07. The average Bonchev–Trinajstić information content (AvgIpc) is 3.01. The van der Waals surface area contributed by atoms with Gasteiger partial charge in [-0.1, -0.05) is 0 Å². The van der Waals surface area contributed by atoms with Gasteiger partial charge in [0.1, 0.15) is 39.5 Å². The second-order valence-corrected chi connectivity index (χ2v) is 8.28. The number of aryl methyl sites for hydroxylation is 1. The van der Waals surface area contributed by atoms with Crippen LogP contribution >= 0.6 is 11.3 Å². The Kier molecular flexibility index (Phi) is 5.54. The molecular weight excluding hydrogens is 413 g/mol. The third-order valence-electron chi connectivity index (χ3n) is 5.03. The summed E-state index contributed by atoms with van der Waals surface area (Å²) in [5.74, 6) is -0.956. The Bertz CT molecular complexity index is 1100. The number of nitrogens with one attached hydrogen (secondary N) is 1. The van der Waals surface area contributed by atoms with Crippen molar-refractivity contribution in [1.82, 2.24) is 9.97 Å². The highest BCUT2D eigenvalue weighted by Crippen LogP contribution is 2.37. The highest BCUT2D eigenvalue weighted by Gasteiger charge is 2.28. The molecule has 8 nitrogen and oxygen atoms in total. The molecule has 1 aliphatic rings. The number of aromatic nitrogens is 2. The quantitative estimate of drug-likeness (QED) is 0.483. The lowest BCUT2D eigenvalue weighted by Crippen LogP contribution is -2.36. The number of hydrogen-bond donors (Lipinski definition) is 4. The van der Waals surface area contributed by atoms with Crippen molar-refractivity contribution in [2.45, 2.75) is 44.5 Å². The fourth-order valence-electron chi connectivity index (χ4n) is 3.68. The molecule has 0 spiro atoms. The van der Waals surface area contributed by atoms with Crippen LogP contribution in [0, 0.1) is 12.7 Å². The first kappa shape index (κ1) is 20.5. The fourth-order valence-corrected chi connectivity index (χ4v) is 4.67. The summed E-state index contributed by atoms with van der Waals surface area (Å²) in [7, 11) is 0. The summed E-state index contributed by atoms with van der Waals surface area (Å²) in [5, 5.41) is 32.8. The lowest BCUT2D eigenvalue weighted by molar-refractivity contribution is -0.0153. The van der Waals surface area contributed by atoms with Crippen LogP contribution in [0.5, 0.6) is 5.75 Å². The molecule has 3 atom stereocenters. The molecule has 158 valence electrons. The molecule has 0 radical (unpaired) electrons. The molecule has 0 bridgehead atoms. The van der Waals surface area contributed by atoms with Crippen molar-refractivity contribution in [3.63, 3.8) is 0 Å². The summed E-state index contributed by atoms with van der Waals surface area (Å²) in [6, 6.07) is 3.98. The number of anilines is 2. The largest absolute Gasteiger partial charge is 0.488 e. The Morgan fingerprint density at radius 3 is 2.67 bits per heavy atom. The Morgan fingerprint density at radius 1 is 1.23 bits per heavy atom. The van der Waals surface area contributed by atoms with Crippen LogP contribution in [-0.2, 0) is 0 Å². The smallest absolute Gasteiger partial charge is 0.346 e. The van der Waals surface area contributed by atoms with Gasteiger partial charge in [0.15, 0.2) is 0 Å². The molecule has 1 aromatic carbocycles. The summed E-state index contributed by atoms with van der Waals surface area (Å²) in [6.07, 6.45) is 0.423. The fraction of sp³-hybridized carbons (Fsp3) is 0.350.